The summed E-state index contributed by atoms with van der Waals surface area (Å²) in [6.07, 6.45) is 16.5. The number of aromatic nitrogens is 3. The van der Waals surface area contributed by atoms with Crippen LogP contribution in [0, 0.1) is 0 Å². The van der Waals surface area contributed by atoms with Gasteiger partial charge in [0, 0.05) is 48.2 Å². The van der Waals surface area contributed by atoms with Crippen molar-refractivity contribution in [1.29, 1.82) is 0 Å². The molecule has 3 aromatic heterocycles. The van der Waals surface area contributed by atoms with Gasteiger partial charge in [-0.05, 0) is 134 Å². The summed E-state index contributed by atoms with van der Waals surface area (Å²) in [5.74, 6) is 0. The van der Waals surface area contributed by atoms with Crippen LogP contribution >= 0.6 is 0 Å². The molecule has 0 radical (unpaired) electrons. The Hall–Kier alpha value is -3.20. The number of fused-ring (bicyclic) bond motifs is 2. The molecule has 7 nitrogen and oxygen atoms in total. The molecule has 0 aromatic carbocycles. The van der Waals surface area contributed by atoms with Crippen LogP contribution in [-0.4, -0.2) is 69.1 Å². The highest BCUT2D eigenvalue weighted by Gasteiger charge is 2.41. The third kappa shape index (κ3) is 11.7. The number of halogens is 2. The Balaban J connectivity index is 0.000000199. The van der Waals surface area contributed by atoms with Crippen LogP contribution in [-0.2, 0) is 30.4 Å². The van der Waals surface area contributed by atoms with Crippen molar-refractivity contribution >= 4 is 17.1 Å². The average Bonchev–Trinajstić information content (AvgIpc) is 3.70. The van der Waals surface area contributed by atoms with Crippen LogP contribution in [0.25, 0.3) is 11.0 Å². The lowest BCUT2D eigenvalue weighted by Gasteiger charge is -2.25. The highest BCUT2D eigenvalue weighted by molar-refractivity contribution is 5.74. The average molecular weight is 678 g/mol. The maximum atomic E-state index is 15.0. The predicted molar refractivity (Wildman–Crippen MR) is 192 cm³/mol. The molecule has 1 N–H and O–H groups in total. The summed E-state index contributed by atoms with van der Waals surface area (Å²) in [5.41, 5.74) is 3.05. The first-order valence-corrected chi connectivity index (χ1v) is 18.7. The molecule has 9 heteroatoms. The number of carbonyl (C=O) groups excluding carboxylic acids is 1. The first-order chi connectivity index (χ1) is 23.5. The summed E-state index contributed by atoms with van der Waals surface area (Å²) in [6, 6.07) is 12.5. The summed E-state index contributed by atoms with van der Waals surface area (Å²) in [6.45, 7) is 7.44. The number of hydrogen-bond acceptors (Lipinski definition) is 6. The van der Waals surface area contributed by atoms with Crippen LogP contribution in [0.1, 0.15) is 120 Å². The lowest BCUT2D eigenvalue weighted by atomic mass is 9.95. The van der Waals surface area contributed by atoms with Crippen molar-refractivity contribution in [2.75, 3.05) is 26.2 Å². The number of ether oxygens (including phenoxy) is 1. The Bertz CT molecular complexity index is 1510. The standard InChI is InChI=1S/C22H30FN3O2.C18H27FN2/c1-21(2,3)28-20(27)26-15-13-22(23,16-26)12-6-4-5-9-18-11-10-17-8-7-14-24-19(17)25-18;19-18(12-13-20-14-18)11-5-1-2-7-16-10-9-15-6-3-4-8-17(15)21-16/h7-8,10-11,14H,4-6,9,12-13,15-16H2,1-3H3;9-10,20H,1-8,11-14H2. The number of nitrogens with one attached hydrogen (secondary N) is 1. The predicted octanol–water partition coefficient (Wildman–Crippen LogP) is 8.85. The summed E-state index contributed by atoms with van der Waals surface area (Å²) in [7, 11) is 0. The number of aryl methyl sites for hydroxylation is 4. The molecule has 2 saturated heterocycles. The molecule has 2 aliphatic heterocycles. The van der Waals surface area contributed by atoms with Crippen LogP contribution < -0.4 is 5.32 Å². The minimum Gasteiger partial charge on any atom is -0.444 e. The second kappa shape index (κ2) is 17.1. The lowest BCUT2D eigenvalue weighted by Crippen LogP contribution is -2.37. The fraction of sp³-hybridized carbons (Fsp3) is 0.650. The van der Waals surface area contributed by atoms with E-state index in [0.29, 0.717) is 32.4 Å². The monoisotopic (exact) mass is 677 g/mol. The van der Waals surface area contributed by atoms with E-state index in [2.05, 4.69) is 27.4 Å². The smallest absolute Gasteiger partial charge is 0.410 e. The quantitative estimate of drug-likeness (QED) is 0.193. The summed E-state index contributed by atoms with van der Waals surface area (Å²) >= 11 is 0. The summed E-state index contributed by atoms with van der Waals surface area (Å²) < 4.78 is 34.5. The number of pyridine rings is 3. The molecule has 268 valence electrons. The molecule has 49 heavy (non-hydrogen) atoms. The van der Waals surface area contributed by atoms with Gasteiger partial charge in [0.25, 0.3) is 0 Å². The van der Waals surface area contributed by atoms with Gasteiger partial charge in [-0.2, -0.15) is 0 Å². The number of likely N-dealkylation sites (tertiary alicyclic amines) is 1. The fourth-order valence-electron chi connectivity index (χ4n) is 7.20. The van der Waals surface area contributed by atoms with Crippen molar-refractivity contribution in [3.8, 4) is 0 Å². The minimum atomic E-state index is -1.29. The van der Waals surface area contributed by atoms with Crippen molar-refractivity contribution in [2.24, 2.45) is 0 Å². The highest BCUT2D eigenvalue weighted by atomic mass is 19.1. The fourth-order valence-corrected chi connectivity index (χ4v) is 7.20. The highest BCUT2D eigenvalue weighted by Crippen LogP contribution is 2.32. The van der Waals surface area contributed by atoms with Crippen molar-refractivity contribution in [1.82, 2.24) is 25.2 Å². The molecular weight excluding hydrogens is 620 g/mol. The maximum Gasteiger partial charge on any atom is 0.410 e. The van der Waals surface area contributed by atoms with Gasteiger partial charge in [0.1, 0.15) is 16.9 Å². The number of hydrogen-bond donors (Lipinski definition) is 1. The Morgan fingerprint density at radius 1 is 0.878 bits per heavy atom. The Morgan fingerprint density at radius 2 is 1.59 bits per heavy atom. The number of rotatable bonds is 12. The van der Waals surface area contributed by atoms with E-state index in [0.717, 1.165) is 87.5 Å². The molecule has 3 aromatic rings. The molecule has 0 spiro atoms. The molecule has 3 aliphatic rings. The molecule has 0 saturated carbocycles. The first kappa shape index (κ1) is 37.1. The lowest BCUT2D eigenvalue weighted by molar-refractivity contribution is 0.0253. The second-order valence-electron chi connectivity index (χ2n) is 15.5. The van der Waals surface area contributed by atoms with Gasteiger partial charge >= 0.3 is 6.09 Å². The second-order valence-corrected chi connectivity index (χ2v) is 15.5. The molecule has 1 aliphatic carbocycles. The summed E-state index contributed by atoms with van der Waals surface area (Å²) in [4.78, 5) is 27.3. The maximum absolute atomic E-state index is 15.0. The molecular formula is C40H57F2N5O2. The number of amides is 1. The number of carbonyl (C=O) groups is 1. The van der Waals surface area contributed by atoms with Gasteiger partial charge in [0.05, 0.1) is 6.54 Å². The zero-order valence-corrected chi connectivity index (χ0v) is 30.0. The number of nitrogens with zero attached hydrogens (tertiary/aromatic N) is 4. The first-order valence-electron chi connectivity index (χ1n) is 18.7. The molecule has 6 rings (SSSR count). The van der Waals surface area contributed by atoms with Crippen molar-refractivity contribution in [3.63, 3.8) is 0 Å². The van der Waals surface area contributed by atoms with Gasteiger partial charge in [-0.15, -0.1) is 0 Å². The van der Waals surface area contributed by atoms with E-state index in [-0.39, 0.29) is 6.54 Å². The molecule has 0 bridgehead atoms. The SMILES string of the molecule is CC(C)(C)OC(=O)N1CCC(F)(CCCCCc2ccc3cccnc3n2)C1.FC1(CCCCCc2ccc3c(n2)CCCC3)CCNC1. The van der Waals surface area contributed by atoms with Crippen molar-refractivity contribution in [2.45, 2.75) is 140 Å². The van der Waals surface area contributed by atoms with E-state index in [1.54, 1.807) is 6.20 Å². The minimum absolute atomic E-state index is 0.139. The van der Waals surface area contributed by atoms with E-state index < -0.39 is 23.0 Å². The van der Waals surface area contributed by atoms with Gasteiger partial charge in [-0.3, -0.25) is 4.98 Å². The van der Waals surface area contributed by atoms with E-state index in [9.17, 15) is 9.18 Å². The number of alkyl halides is 2. The molecule has 2 unspecified atom stereocenters. The van der Waals surface area contributed by atoms with E-state index in [4.69, 9.17) is 9.72 Å². The topological polar surface area (TPSA) is 80.2 Å². The third-order valence-corrected chi connectivity index (χ3v) is 10.0. The Kier molecular flexibility index (Phi) is 13.0. The van der Waals surface area contributed by atoms with Crippen LogP contribution in [0.5, 0.6) is 0 Å². The van der Waals surface area contributed by atoms with Gasteiger partial charge in [-0.25, -0.2) is 23.5 Å². The largest absolute Gasteiger partial charge is 0.444 e. The molecule has 1 amide bonds. The van der Waals surface area contributed by atoms with Gasteiger partial charge in [0.15, 0.2) is 5.65 Å². The van der Waals surface area contributed by atoms with Crippen LogP contribution in [0.2, 0.25) is 0 Å². The van der Waals surface area contributed by atoms with Crippen molar-refractivity contribution in [3.05, 3.63) is 65.2 Å². The Morgan fingerprint density at radius 3 is 2.33 bits per heavy atom. The van der Waals surface area contributed by atoms with Gasteiger partial charge in [-0.1, -0.05) is 31.7 Å². The van der Waals surface area contributed by atoms with E-state index >= 15 is 4.39 Å². The zero-order chi connectivity index (χ0) is 34.7. The van der Waals surface area contributed by atoms with Gasteiger partial charge in [0.2, 0.25) is 0 Å². The Labute approximate surface area is 292 Å². The molecule has 5 heterocycles. The molecule has 2 fully saturated rings. The third-order valence-electron chi connectivity index (χ3n) is 10.0. The van der Waals surface area contributed by atoms with Crippen LogP contribution in [0.15, 0.2) is 42.6 Å². The normalized spacial score (nSPS) is 22.1. The van der Waals surface area contributed by atoms with E-state index in [1.165, 1.54) is 41.1 Å². The van der Waals surface area contributed by atoms with Crippen LogP contribution in [0.4, 0.5) is 13.6 Å². The van der Waals surface area contributed by atoms with Crippen molar-refractivity contribution < 1.29 is 18.3 Å². The zero-order valence-electron chi connectivity index (χ0n) is 30.0. The number of unbranched alkanes of at least 4 members (excludes halogenated alkanes) is 4. The van der Waals surface area contributed by atoms with Crippen LogP contribution in [0.3, 0.4) is 0 Å². The van der Waals surface area contributed by atoms with E-state index in [1.807, 2.05) is 45.0 Å². The summed E-state index contributed by atoms with van der Waals surface area (Å²) in [5, 5.41) is 4.17. The van der Waals surface area contributed by atoms with Gasteiger partial charge < -0.3 is 15.0 Å². The molecule has 2 atom stereocenters.